The van der Waals surface area contributed by atoms with E-state index >= 15 is 0 Å². The van der Waals surface area contributed by atoms with E-state index < -0.39 is 0 Å². The molecule has 0 amide bonds. The maximum Gasteiger partial charge on any atom is 0.170 e. The number of hydrogen-bond acceptors (Lipinski definition) is 2. The number of Topliss-reactive ketones (excluding diaryl/α,β-unsaturated/α-hetero) is 2. The van der Waals surface area contributed by atoms with Gasteiger partial charge in [0, 0.05) is 5.56 Å². The minimum Gasteiger partial charge on any atom is -0.300 e. The Morgan fingerprint density at radius 3 is 2.12 bits per heavy atom. The lowest BCUT2D eigenvalue weighted by molar-refractivity contribution is -0.116. The van der Waals surface area contributed by atoms with Crippen molar-refractivity contribution in [2.75, 3.05) is 0 Å². The quantitative estimate of drug-likeness (QED) is 0.246. The van der Waals surface area contributed by atoms with Crippen LogP contribution < -0.4 is 0 Å². The maximum absolute atomic E-state index is 11.9. The Hall–Kier alpha value is -1.44. The van der Waals surface area contributed by atoms with Crippen LogP contribution in [0.5, 0.6) is 0 Å². The van der Waals surface area contributed by atoms with E-state index in [4.69, 9.17) is 0 Å². The Morgan fingerprint density at radius 1 is 0.885 bits per heavy atom. The lowest BCUT2D eigenvalue weighted by Crippen LogP contribution is -2.13. The summed E-state index contributed by atoms with van der Waals surface area (Å²) in [7, 11) is 0. The molecular formula is C24H36O2. The largest absolute Gasteiger partial charge is 0.300 e. The molecule has 26 heavy (non-hydrogen) atoms. The van der Waals surface area contributed by atoms with E-state index in [0.717, 1.165) is 5.92 Å². The predicted molar refractivity (Wildman–Crippen MR) is 109 cm³/mol. The van der Waals surface area contributed by atoms with Crippen molar-refractivity contribution in [1.29, 1.82) is 0 Å². The molecule has 1 fully saturated rings. The van der Waals surface area contributed by atoms with Crippen LogP contribution in [0.3, 0.4) is 0 Å². The zero-order chi connectivity index (χ0) is 18.8. The van der Waals surface area contributed by atoms with Gasteiger partial charge in [0.25, 0.3) is 0 Å². The van der Waals surface area contributed by atoms with Gasteiger partial charge in [0.1, 0.15) is 5.78 Å². The molecular weight excluding hydrogens is 320 g/mol. The van der Waals surface area contributed by atoms with Crippen molar-refractivity contribution in [3.05, 3.63) is 35.4 Å². The van der Waals surface area contributed by atoms with Crippen LogP contribution in [0, 0.1) is 5.92 Å². The molecule has 0 unspecified atom stereocenters. The van der Waals surface area contributed by atoms with E-state index in [2.05, 4.69) is 19.1 Å². The van der Waals surface area contributed by atoms with Gasteiger partial charge in [-0.2, -0.15) is 0 Å². The summed E-state index contributed by atoms with van der Waals surface area (Å²) in [5.74, 6) is 1.44. The zero-order valence-corrected chi connectivity index (χ0v) is 16.8. The topological polar surface area (TPSA) is 34.1 Å². The molecule has 2 heteroatoms. The number of carbonyl (C=O) groups is 2. The van der Waals surface area contributed by atoms with Crippen LogP contribution in [0.25, 0.3) is 0 Å². The third-order valence-corrected chi connectivity index (χ3v) is 5.93. The highest BCUT2D eigenvalue weighted by Gasteiger charge is 2.22. The fourth-order valence-electron chi connectivity index (χ4n) is 4.27. The van der Waals surface area contributed by atoms with E-state index in [-0.39, 0.29) is 18.0 Å². The minimum atomic E-state index is -0.0669. The second-order valence-electron chi connectivity index (χ2n) is 8.20. The van der Waals surface area contributed by atoms with Crippen molar-refractivity contribution in [2.45, 2.75) is 96.8 Å². The first-order valence-electron chi connectivity index (χ1n) is 10.7. The summed E-state index contributed by atoms with van der Waals surface area (Å²) in [6.07, 6.45) is 15.1. The molecule has 0 N–H and O–H groups in total. The van der Waals surface area contributed by atoms with Gasteiger partial charge in [-0.25, -0.2) is 0 Å². The molecule has 0 saturated heterocycles. The van der Waals surface area contributed by atoms with E-state index in [1.807, 2.05) is 12.1 Å². The standard InChI is InChI=1S/C24H36O2/c1-3-4-5-6-7-8-9-20-10-12-21(13-11-20)22-14-16-23(17-15-22)24(26)18-19(2)25/h14-17,20-21H,3-13,18H2,1-2H3/t20-,21-. The van der Waals surface area contributed by atoms with Gasteiger partial charge in [-0.05, 0) is 50.0 Å². The molecule has 1 aliphatic carbocycles. The van der Waals surface area contributed by atoms with Crippen molar-refractivity contribution >= 4 is 11.6 Å². The molecule has 0 bridgehead atoms. The molecule has 0 heterocycles. The second-order valence-corrected chi connectivity index (χ2v) is 8.20. The Labute approximate surface area is 159 Å². The van der Waals surface area contributed by atoms with Gasteiger partial charge < -0.3 is 0 Å². The van der Waals surface area contributed by atoms with Gasteiger partial charge in [0.2, 0.25) is 0 Å². The van der Waals surface area contributed by atoms with Crippen LogP contribution in [0.15, 0.2) is 24.3 Å². The summed E-state index contributed by atoms with van der Waals surface area (Å²) in [4.78, 5) is 23.0. The number of hydrogen-bond donors (Lipinski definition) is 0. The Morgan fingerprint density at radius 2 is 1.50 bits per heavy atom. The van der Waals surface area contributed by atoms with Crippen molar-refractivity contribution in [2.24, 2.45) is 5.92 Å². The molecule has 0 atom stereocenters. The molecule has 2 rings (SSSR count). The van der Waals surface area contributed by atoms with Crippen LogP contribution in [0.1, 0.15) is 113 Å². The fourth-order valence-corrected chi connectivity index (χ4v) is 4.27. The molecule has 1 aliphatic rings. The summed E-state index contributed by atoms with van der Waals surface area (Å²) in [6, 6.07) is 8.02. The highest BCUT2D eigenvalue weighted by atomic mass is 16.1. The van der Waals surface area contributed by atoms with Crippen molar-refractivity contribution in [3.63, 3.8) is 0 Å². The number of benzene rings is 1. The number of rotatable bonds is 11. The number of ketones is 2. The van der Waals surface area contributed by atoms with Crippen molar-refractivity contribution in [3.8, 4) is 0 Å². The van der Waals surface area contributed by atoms with Crippen molar-refractivity contribution in [1.82, 2.24) is 0 Å². The average molecular weight is 357 g/mol. The first-order valence-corrected chi connectivity index (χ1v) is 10.7. The normalized spacial score (nSPS) is 20.1. The van der Waals surface area contributed by atoms with Crippen molar-refractivity contribution < 1.29 is 9.59 Å². The molecule has 1 saturated carbocycles. The van der Waals surface area contributed by atoms with Gasteiger partial charge in [-0.3, -0.25) is 9.59 Å². The van der Waals surface area contributed by atoms with Gasteiger partial charge in [-0.15, -0.1) is 0 Å². The number of unbranched alkanes of at least 4 members (excludes halogenated alkanes) is 5. The van der Waals surface area contributed by atoms with Crippen LogP contribution in [0.2, 0.25) is 0 Å². The number of carbonyl (C=O) groups excluding carboxylic acids is 2. The first kappa shape index (κ1) is 20.9. The Kier molecular flexibility index (Phi) is 9.08. The molecule has 1 aromatic carbocycles. The molecule has 0 radical (unpaired) electrons. The van der Waals surface area contributed by atoms with E-state index in [1.165, 1.54) is 83.1 Å². The summed E-state index contributed by atoms with van der Waals surface area (Å²) in [6.45, 7) is 3.74. The lowest BCUT2D eigenvalue weighted by Gasteiger charge is -2.29. The van der Waals surface area contributed by atoms with Gasteiger partial charge in [0.15, 0.2) is 5.78 Å². The summed E-state index contributed by atoms with van der Waals surface area (Å²) in [5.41, 5.74) is 2.03. The van der Waals surface area contributed by atoms with Crippen LogP contribution in [-0.4, -0.2) is 11.6 Å². The summed E-state index contributed by atoms with van der Waals surface area (Å²) >= 11 is 0. The fraction of sp³-hybridized carbons (Fsp3) is 0.667. The summed E-state index contributed by atoms with van der Waals surface area (Å²) in [5, 5.41) is 0. The predicted octanol–water partition coefficient (Wildman–Crippen LogP) is 6.87. The average Bonchev–Trinajstić information content (AvgIpc) is 2.65. The lowest BCUT2D eigenvalue weighted by atomic mass is 9.77. The first-order chi connectivity index (χ1) is 12.6. The highest BCUT2D eigenvalue weighted by molar-refractivity contribution is 6.07. The van der Waals surface area contributed by atoms with Crippen LogP contribution >= 0.6 is 0 Å². The molecule has 144 valence electrons. The van der Waals surface area contributed by atoms with E-state index in [1.54, 1.807) is 0 Å². The minimum absolute atomic E-state index is 0.0168. The monoisotopic (exact) mass is 356 g/mol. The van der Waals surface area contributed by atoms with E-state index in [9.17, 15) is 9.59 Å². The maximum atomic E-state index is 11.9. The van der Waals surface area contributed by atoms with Gasteiger partial charge in [0.05, 0.1) is 6.42 Å². The van der Waals surface area contributed by atoms with Crippen LogP contribution in [0.4, 0.5) is 0 Å². The Bertz CT molecular complexity index is 550. The van der Waals surface area contributed by atoms with Crippen LogP contribution in [-0.2, 0) is 4.79 Å². The van der Waals surface area contributed by atoms with Gasteiger partial charge >= 0.3 is 0 Å². The molecule has 0 spiro atoms. The Balaban J connectivity index is 1.70. The zero-order valence-electron chi connectivity index (χ0n) is 16.8. The molecule has 0 aliphatic heterocycles. The third kappa shape index (κ3) is 7.05. The van der Waals surface area contributed by atoms with Gasteiger partial charge in [-0.1, -0.05) is 76.1 Å². The molecule has 1 aromatic rings. The molecule has 2 nitrogen and oxygen atoms in total. The second kappa shape index (κ2) is 11.3. The smallest absolute Gasteiger partial charge is 0.170 e. The third-order valence-electron chi connectivity index (χ3n) is 5.93. The highest BCUT2D eigenvalue weighted by Crippen LogP contribution is 2.37. The summed E-state index contributed by atoms with van der Waals surface area (Å²) < 4.78 is 0. The van der Waals surface area contributed by atoms with E-state index in [0.29, 0.717) is 11.5 Å². The molecule has 0 aromatic heterocycles. The SMILES string of the molecule is CCCCCCCC[C@H]1CC[C@H](c2ccc(C(=O)CC(C)=O)cc2)CC1.